The highest BCUT2D eigenvalue weighted by molar-refractivity contribution is 7.80. The normalized spacial score (nSPS) is 11.3. The first-order valence-corrected chi connectivity index (χ1v) is 6.41. The van der Waals surface area contributed by atoms with E-state index in [2.05, 4.69) is 16.2 Å². The lowest BCUT2D eigenvalue weighted by atomic mass is 9.95. The van der Waals surface area contributed by atoms with Gasteiger partial charge in [-0.1, -0.05) is 54.5 Å². The molecule has 0 aliphatic heterocycles. The molecular weight excluding hydrogens is 252 g/mol. The van der Waals surface area contributed by atoms with Crippen molar-refractivity contribution in [2.45, 2.75) is 5.92 Å². The van der Waals surface area contributed by atoms with Gasteiger partial charge in [0.05, 0.1) is 23.1 Å². The van der Waals surface area contributed by atoms with Gasteiger partial charge in [-0.15, -0.1) is 6.42 Å². The molecule has 2 aromatic rings. The fraction of sp³-hybridized carbons (Fsp3) is 0.125. The van der Waals surface area contributed by atoms with Crippen LogP contribution in [0.5, 0.6) is 0 Å². The molecule has 0 aliphatic rings. The minimum atomic E-state index is -0.0641. The van der Waals surface area contributed by atoms with Gasteiger partial charge in [-0.2, -0.15) is 0 Å². The first-order valence-electron chi connectivity index (χ1n) is 6.00. The molecule has 2 nitrogen and oxygen atoms in total. The van der Waals surface area contributed by atoms with Gasteiger partial charge in [-0.3, -0.25) is 4.98 Å². The summed E-state index contributed by atoms with van der Waals surface area (Å²) in [4.78, 5) is 5.10. The average Bonchev–Trinajstić information content (AvgIpc) is 2.47. The van der Waals surface area contributed by atoms with Crippen LogP contribution in [0, 0.1) is 12.3 Å². The third-order valence-electron chi connectivity index (χ3n) is 2.74. The second kappa shape index (κ2) is 6.67. The molecule has 1 heterocycles. The van der Waals surface area contributed by atoms with Gasteiger partial charge in [0.1, 0.15) is 0 Å². The van der Waals surface area contributed by atoms with E-state index in [0.717, 1.165) is 11.3 Å². The van der Waals surface area contributed by atoms with Crippen molar-refractivity contribution in [2.24, 2.45) is 0 Å². The highest BCUT2D eigenvalue weighted by Gasteiger charge is 2.19. The molecule has 0 saturated heterocycles. The summed E-state index contributed by atoms with van der Waals surface area (Å²) >= 11 is 5.46. The average molecular weight is 266 g/mol. The van der Waals surface area contributed by atoms with Crippen LogP contribution in [-0.4, -0.2) is 16.5 Å². The first-order chi connectivity index (χ1) is 9.33. The third-order valence-corrected chi connectivity index (χ3v) is 3.12. The molecule has 0 radical (unpaired) electrons. The van der Waals surface area contributed by atoms with Crippen LogP contribution < -0.4 is 5.32 Å². The van der Waals surface area contributed by atoms with Gasteiger partial charge in [0.25, 0.3) is 0 Å². The molecule has 2 rings (SSSR count). The number of rotatable bonds is 4. The number of aromatic nitrogens is 1. The van der Waals surface area contributed by atoms with Gasteiger partial charge in [0, 0.05) is 6.20 Å². The monoisotopic (exact) mass is 266 g/mol. The Hall–Kier alpha value is -2.18. The number of hydrogen-bond acceptors (Lipinski definition) is 2. The molecular formula is C16H14N2S. The summed E-state index contributed by atoms with van der Waals surface area (Å²) in [5, 5.41) is 3.08. The molecule has 1 aromatic heterocycles. The molecule has 0 bridgehead atoms. The fourth-order valence-electron chi connectivity index (χ4n) is 1.89. The van der Waals surface area contributed by atoms with Crippen LogP contribution in [0.1, 0.15) is 17.2 Å². The lowest BCUT2D eigenvalue weighted by Crippen LogP contribution is -2.29. The lowest BCUT2D eigenvalue weighted by molar-refractivity contribution is 0.941. The molecule has 94 valence electrons. The summed E-state index contributed by atoms with van der Waals surface area (Å²) in [6, 6.07) is 15.9. The highest BCUT2D eigenvalue weighted by Crippen LogP contribution is 2.23. The number of nitrogens with zero attached hydrogens (tertiary/aromatic N) is 1. The van der Waals surface area contributed by atoms with E-state index in [1.165, 1.54) is 0 Å². The van der Waals surface area contributed by atoms with Crippen LogP contribution >= 0.6 is 12.2 Å². The number of thiocarbonyl (C=S) groups is 1. The van der Waals surface area contributed by atoms with Crippen molar-refractivity contribution in [3.8, 4) is 12.3 Å². The van der Waals surface area contributed by atoms with Gasteiger partial charge in [-0.05, 0) is 17.7 Å². The van der Waals surface area contributed by atoms with Crippen LogP contribution in [0.25, 0.3) is 0 Å². The smallest absolute Gasteiger partial charge is 0.0897 e. The van der Waals surface area contributed by atoms with Gasteiger partial charge < -0.3 is 5.32 Å². The zero-order valence-corrected chi connectivity index (χ0v) is 11.2. The summed E-state index contributed by atoms with van der Waals surface area (Å²) in [6.45, 7) is 0.426. The summed E-state index contributed by atoms with van der Waals surface area (Å²) in [6.07, 6.45) is 7.04. The molecule has 0 aliphatic carbocycles. The van der Waals surface area contributed by atoms with E-state index in [1.807, 2.05) is 48.5 Å². The van der Waals surface area contributed by atoms with E-state index in [9.17, 15) is 0 Å². The van der Waals surface area contributed by atoms with Crippen molar-refractivity contribution in [3.63, 3.8) is 0 Å². The standard InChI is InChI=1S/C16H14N2S/c1-2-11-18-16(19)15(13-8-4-3-5-9-13)14-10-6-7-12-17-14/h1,3-10,12,15H,11H2,(H,18,19). The third kappa shape index (κ3) is 3.40. The number of terminal acetylenes is 1. The Morgan fingerprint density at radius 3 is 2.58 bits per heavy atom. The predicted octanol–water partition coefficient (Wildman–Crippen LogP) is 2.76. The minimum absolute atomic E-state index is 0.0641. The Morgan fingerprint density at radius 2 is 1.95 bits per heavy atom. The number of pyridine rings is 1. The second-order valence-corrected chi connectivity index (χ2v) is 4.46. The van der Waals surface area contributed by atoms with Crippen molar-refractivity contribution in [2.75, 3.05) is 6.54 Å². The Labute approximate surface area is 118 Å². The molecule has 1 unspecified atom stereocenters. The van der Waals surface area contributed by atoms with Crippen molar-refractivity contribution >= 4 is 17.2 Å². The zero-order chi connectivity index (χ0) is 13.5. The van der Waals surface area contributed by atoms with Crippen molar-refractivity contribution in [3.05, 3.63) is 66.0 Å². The quantitative estimate of drug-likeness (QED) is 0.680. The zero-order valence-electron chi connectivity index (χ0n) is 10.4. The van der Waals surface area contributed by atoms with Crippen LogP contribution in [0.4, 0.5) is 0 Å². The topological polar surface area (TPSA) is 24.9 Å². The second-order valence-electron chi connectivity index (χ2n) is 4.02. The molecule has 0 saturated carbocycles. The minimum Gasteiger partial charge on any atom is -0.368 e. The van der Waals surface area contributed by atoms with Crippen LogP contribution in [-0.2, 0) is 0 Å². The first kappa shape index (κ1) is 13.3. The van der Waals surface area contributed by atoms with E-state index in [-0.39, 0.29) is 5.92 Å². The Balaban J connectivity index is 2.35. The molecule has 1 aromatic carbocycles. The maximum atomic E-state index is 5.46. The Bertz CT molecular complexity index is 533. The molecule has 19 heavy (non-hydrogen) atoms. The summed E-state index contributed by atoms with van der Waals surface area (Å²) in [5.74, 6) is 2.47. The molecule has 1 atom stereocenters. The maximum absolute atomic E-state index is 5.46. The predicted molar refractivity (Wildman–Crippen MR) is 82.0 cm³/mol. The van der Waals surface area contributed by atoms with E-state index in [4.69, 9.17) is 18.6 Å². The fourth-order valence-corrected chi connectivity index (χ4v) is 2.22. The van der Waals surface area contributed by atoms with E-state index >= 15 is 0 Å². The van der Waals surface area contributed by atoms with E-state index in [1.54, 1.807) is 6.20 Å². The van der Waals surface area contributed by atoms with Gasteiger partial charge >= 0.3 is 0 Å². The van der Waals surface area contributed by atoms with Crippen LogP contribution in [0.2, 0.25) is 0 Å². The summed E-state index contributed by atoms with van der Waals surface area (Å²) in [7, 11) is 0. The summed E-state index contributed by atoms with van der Waals surface area (Å²) in [5.41, 5.74) is 2.03. The van der Waals surface area contributed by atoms with Crippen LogP contribution in [0.3, 0.4) is 0 Å². The molecule has 1 N–H and O–H groups in total. The summed E-state index contributed by atoms with van der Waals surface area (Å²) < 4.78 is 0. The van der Waals surface area contributed by atoms with Crippen molar-refractivity contribution in [1.82, 2.24) is 10.3 Å². The van der Waals surface area contributed by atoms with Crippen molar-refractivity contribution in [1.29, 1.82) is 0 Å². The maximum Gasteiger partial charge on any atom is 0.0897 e. The number of benzene rings is 1. The lowest BCUT2D eigenvalue weighted by Gasteiger charge is -2.18. The molecule has 0 spiro atoms. The highest BCUT2D eigenvalue weighted by atomic mass is 32.1. The van der Waals surface area contributed by atoms with E-state index < -0.39 is 0 Å². The molecule has 0 amide bonds. The van der Waals surface area contributed by atoms with E-state index in [0.29, 0.717) is 11.5 Å². The number of hydrogen-bond donors (Lipinski definition) is 1. The van der Waals surface area contributed by atoms with Crippen LogP contribution in [0.15, 0.2) is 54.7 Å². The van der Waals surface area contributed by atoms with Gasteiger partial charge in [0.15, 0.2) is 0 Å². The molecule has 0 fully saturated rings. The SMILES string of the molecule is C#CCNC(=S)C(c1ccccc1)c1ccccn1. The largest absolute Gasteiger partial charge is 0.368 e. The Kier molecular flexibility index (Phi) is 4.66. The Morgan fingerprint density at radius 1 is 1.21 bits per heavy atom. The van der Waals surface area contributed by atoms with Gasteiger partial charge in [0.2, 0.25) is 0 Å². The van der Waals surface area contributed by atoms with Gasteiger partial charge in [-0.25, -0.2) is 0 Å². The molecule has 3 heteroatoms. The number of nitrogens with one attached hydrogen (secondary N) is 1. The van der Waals surface area contributed by atoms with Crippen molar-refractivity contribution < 1.29 is 0 Å².